The SMILES string of the molecule is C=C(/C=C(\Nc1cccc(CN)c1)C(=O)Nc1cccc(C(NCC2CC2)c2c3ccccc3c(Cl)c3ccccc23)c1)C(F)(F)F. The van der Waals surface area contributed by atoms with Crippen molar-refractivity contribution in [2.75, 3.05) is 17.2 Å². The molecule has 5 nitrogen and oxygen atoms in total. The molecule has 47 heavy (non-hydrogen) atoms. The maximum absolute atomic E-state index is 13.6. The van der Waals surface area contributed by atoms with Crippen molar-refractivity contribution in [2.45, 2.75) is 31.6 Å². The van der Waals surface area contributed by atoms with Crippen molar-refractivity contribution in [3.63, 3.8) is 0 Å². The smallest absolute Gasteiger partial charge is 0.351 e. The molecule has 240 valence electrons. The summed E-state index contributed by atoms with van der Waals surface area (Å²) in [7, 11) is 0. The van der Waals surface area contributed by atoms with E-state index in [1.54, 1.807) is 30.3 Å². The molecule has 9 heteroatoms. The first-order chi connectivity index (χ1) is 22.6. The molecule has 0 saturated heterocycles. The quantitative estimate of drug-likeness (QED) is 0.0650. The summed E-state index contributed by atoms with van der Waals surface area (Å²) in [6.45, 7) is 4.18. The van der Waals surface area contributed by atoms with Gasteiger partial charge in [-0.1, -0.05) is 91.0 Å². The third-order valence-electron chi connectivity index (χ3n) is 8.35. The molecule has 6 rings (SSSR count). The number of hydrogen-bond acceptors (Lipinski definition) is 4. The van der Waals surface area contributed by atoms with Crippen LogP contribution < -0.4 is 21.7 Å². The fourth-order valence-electron chi connectivity index (χ4n) is 5.75. The van der Waals surface area contributed by atoms with E-state index in [-0.39, 0.29) is 18.3 Å². The predicted molar refractivity (Wildman–Crippen MR) is 185 cm³/mol. The number of nitrogens with one attached hydrogen (secondary N) is 3. The van der Waals surface area contributed by atoms with E-state index in [1.807, 2.05) is 54.6 Å². The normalized spacial score (nSPS) is 14.3. The van der Waals surface area contributed by atoms with Gasteiger partial charge in [-0.25, -0.2) is 0 Å². The van der Waals surface area contributed by atoms with Gasteiger partial charge in [0.1, 0.15) is 5.70 Å². The van der Waals surface area contributed by atoms with Gasteiger partial charge in [-0.3, -0.25) is 4.79 Å². The molecule has 1 amide bonds. The standard InChI is InChI=1S/C38H34ClF3N4O/c1-23(38(40,41)42)18-33(45-27-10-6-8-25(19-27)21-43)37(47)46-28-11-7-9-26(20-28)36(44-22-24-16-17-24)34-29-12-2-4-14-31(29)35(39)32-15-5-3-13-30(32)34/h2-15,18-20,24,36,44-45H,1,16-17,21-22,43H2,(H,46,47)/b33-18-. The maximum atomic E-state index is 13.6. The molecule has 1 atom stereocenters. The number of rotatable bonds is 11. The Hall–Kier alpha value is -4.63. The van der Waals surface area contributed by atoms with Gasteiger partial charge in [0.15, 0.2) is 0 Å². The summed E-state index contributed by atoms with van der Waals surface area (Å²) in [6, 6.07) is 30.0. The largest absolute Gasteiger partial charge is 0.415 e. The molecule has 1 fully saturated rings. The molecule has 1 aliphatic rings. The Morgan fingerprint density at radius 3 is 2.06 bits per heavy atom. The van der Waals surface area contributed by atoms with Crippen LogP contribution in [0.1, 0.15) is 35.6 Å². The molecular formula is C38H34ClF3N4O. The first-order valence-corrected chi connectivity index (χ1v) is 15.8. The highest BCUT2D eigenvalue weighted by atomic mass is 35.5. The van der Waals surface area contributed by atoms with Gasteiger partial charge in [0.2, 0.25) is 0 Å². The Balaban J connectivity index is 1.38. The average Bonchev–Trinajstić information content (AvgIpc) is 3.90. The lowest BCUT2D eigenvalue weighted by Crippen LogP contribution is -2.25. The Bertz CT molecular complexity index is 1940. The van der Waals surface area contributed by atoms with Gasteiger partial charge < -0.3 is 21.7 Å². The van der Waals surface area contributed by atoms with Crippen molar-refractivity contribution < 1.29 is 18.0 Å². The average molecular weight is 655 g/mol. The van der Waals surface area contributed by atoms with Crippen LogP contribution in [0.25, 0.3) is 21.5 Å². The zero-order chi connectivity index (χ0) is 33.1. The van der Waals surface area contributed by atoms with Crippen molar-refractivity contribution >= 4 is 50.4 Å². The monoisotopic (exact) mass is 654 g/mol. The highest BCUT2D eigenvalue weighted by molar-refractivity contribution is 6.41. The van der Waals surface area contributed by atoms with Crippen molar-refractivity contribution in [2.24, 2.45) is 11.7 Å². The third kappa shape index (κ3) is 7.36. The molecule has 0 heterocycles. The second-order valence-corrected chi connectivity index (χ2v) is 12.2. The van der Waals surface area contributed by atoms with Gasteiger partial charge in [0.25, 0.3) is 5.91 Å². The number of nitrogens with two attached hydrogens (primary N) is 1. The second kappa shape index (κ2) is 13.6. The summed E-state index contributed by atoms with van der Waals surface area (Å²) in [4.78, 5) is 13.6. The number of carbonyl (C=O) groups excluding carboxylic acids is 1. The van der Waals surface area contributed by atoms with E-state index < -0.39 is 17.7 Å². The number of hydrogen-bond donors (Lipinski definition) is 4. The zero-order valence-electron chi connectivity index (χ0n) is 25.5. The third-order valence-corrected chi connectivity index (χ3v) is 8.76. The molecule has 1 saturated carbocycles. The molecule has 1 aliphatic carbocycles. The molecule has 5 aromatic rings. The maximum Gasteiger partial charge on any atom is 0.415 e. The molecule has 5 N–H and O–H groups in total. The molecule has 1 unspecified atom stereocenters. The summed E-state index contributed by atoms with van der Waals surface area (Å²) in [6.07, 6.45) is -1.67. The van der Waals surface area contributed by atoms with Crippen LogP contribution in [0.2, 0.25) is 5.02 Å². The topological polar surface area (TPSA) is 79.2 Å². The molecule has 0 spiro atoms. The minimum atomic E-state index is -4.71. The van der Waals surface area contributed by atoms with Crippen molar-refractivity contribution in [3.8, 4) is 0 Å². The second-order valence-electron chi connectivity index (χ2n) is 11.8. The van der Waals surface area contributed by atoms with E-state index >= 15 is 0 Å². The van der Waals surface area contributed by atoms with Gasteiger partial charge in [0.05, 0.1) is 16.6 Å². The van der Waals surface area contributed by atoms with Gasteiger partial charge in [0, 0.05) is 28.7 Å². The number of carbonyl (C=O) groups is 1. The molecule has 0 aliphatic heterocycles. The summed E-state index contributed by atoms with van der Waals surface area (Å²) in [5.74, 6) is -0.168. The molecule has 0 aromatic heterocycles. The van der Waals surface area contributed by atoms with Crippen LogP contribution in [0, 0.1) is 5.92 Å². The van der Waals surface area contributed by atoms with E-state index in [4.69, 9.17) is 17.3 Å². The first-order valence-electron chi connectivity index (χ1n) is 15.4. The van der Waals surface area contributed by atoms with Crippen LogP contribution in [-0.2, 0) is 11.3 Å². The Morgan fingerprint density at radius 1 is 0.872 bits per heavy atom. The summed E-state index contributed by atoms with van der Waals surface area (Å²) in [5.41, 5.74) is 7.81. The van der Waals surface area contributed by atoms with Crippen LogP contribution in [-0.4, -0.2) is 18.6 Å². The van der Waals surface area contributed by atoms with Crippen LogP contribution in [0.15, 0.2) is 121 Å². The number of fused-ring (bicyclic) bond motifs is 2. The van der Waals surface area contributed by atoms with Gasteiger partial charge in [-0.15, -0.1) is 0 Å². The molecule has 0 bridgehead atoms. The minimum absolute atomic E-state index is 0.233. The van der Waals surface area contributed by atoms with E-state index in [0.29, 0.717) is 28.4 Å². The van der Waals surface area contributed by atoms with Crippen molar-refractivity contribution in [1.82, 2.24) is 5.32 Å². The number of alkyl halides is 3. The predicted octanol–water partition coefficient (Wildman–Crippen LogP) is 9.25. The van der Waals surface area contributed by atoms with Gasteiger partial charge >= 0.3 is 6.18 Å². The lowest BCUT2D eigenvalue weighted by molar-refractivity contribution is -0.112. The van der Waals surface area contributed by atoms with Crippen LogP contribution in [0.3, 0.4) is 0 Å². The van der Waals surface area contributed by atoms with E-state index in [0.717, 1.165) is 57.6 Å². The van der Waals surface area contributed by atoms with E-state index in [9.17, 15) is 18.0 Å². The minimum Gasteiger partial charge on any atom is -0.351 e. The van der Waals surface area contributed by atoms with Crippen LogP contribution in [0.4, 0.5) is 24.5 Å². The number of halogens is 4. The number of benzene rings is 5. The fourth-order valence-corrected chi connectivity index (χ4v) is 6.08. The highest BCUT2D eigenvalue weighted by Crippen LogP contribution is 2.41. The summed E-state index contributed by atoms with van der Waals surface area (Å²) < 4.78 is 40.5. The zero-order valence-corrected chi connectivity index (χ0v) is 26.3. The van der Waals surface area contributed by atoms with E-state index in [2.05, 4.69) is 34.7 Å². The molecule has 5 aromatic carbocycles. The van der Waals surface area contributed by atoms with Crippen LogP contribution in [0.5, 0.6) is 0 Å². The Morgan fingerprint density at radius 2 is 1.47 bits per heavy atom. The lowest BCUT2D eigenvalue weighted by atomic mass is 9.88. The molecular weight excluding hydrogens is 621 g/mol. The van der Waals surface area contributed by atoms with Crippen molar-refractivity contribution in [3.05, 3.63) is 143 Å². The summed E-state index contributed by atoms with van der Waals surface area (Å²) in [5, 5.41) is 14.0. The fraction of sp³-hybridized carbons (Fsp3) is 0.184. The first kappa shape index (κ1) is 32.3. The van der Waals surface area contributed by atoms with Gasteiger partial charge in [-0.2, -0.15) is 13.2 Å². The lowest BCUT2D eigenvalue weighted by Gasteiger charge is -2.25. The number of amides is 1. The Labute approximate surface area is 276 Å². The highest BCUT2D eigenvalue weighted by Gasteiger charge is 2.31. The van der Waals surface area contributed by atoms with Gasteiger partial charge in [-0.05, 0) is 83.1 Å². The Kier molecular flexibility index (Phi) is 9.36. The number of allylic oxidation sites excluding steroid dienone is 2. The van der Waals surface area contributed by atoms with Crippen LogP contribution >= 0.6 is 11.6 Å². The molecule has 0 radical (unpaired) electrons. The summed E-state index contributed by atoms with van der Waals surface area (Å²) >= 11 is 6.92. The number of anilines is 2. The van der Waals surface area contributed by atoms with Crippen molar-refractivity contribution in [1.29, 1.82) is 0 Å². The van der Waals surface area contributed by atoms with E-state index in [1.165, 1.54) is 0 Å².